The van der Waals surface area contributed by atoms with Gasteiger partial charge in [-0.15, -0.1) is 23.1 Å². The van der Waals surface area contributed by atoms with E-state index >= 15 is 0 Å². The number of rotatable bonds is 4. The van der Waals surface area contributed by atoms with Gasteiger partial charge in [0.2, 0.25) is 0 Å². The Hall–Kier alpha value is 0.290. The van der Waals surface area contributed by atoms with E-state index in [-0.39, 0.29) is 0 Å². The van der Waals surface area contributed by atoms with E-state index in [1.54, 1.807) is 0 Å². The Bertz CT molecular complexity index is 353. The topological polar surface area (TPSA) is 24.9 Å². The molecule has 1 aromatic rings. The van der Waals surface area contributed by atoms with Crippen molar-refractivity contribution < 1.29 is 0 Å². The third-order valence-electron chi connectivity index (χ3n) is 2.95. The molecule has 3 unspecified atom stereocenters. The van der Waals surface area contributed by atoms with E-state index in [1.165, 1.54) is 16.5 Å². The lowest BCUT2D eigenvalue weighted by molar-refractivity contribution is 0.711. The zero-order valence-electron chi connectivity index (χ0n) is 10.6. The van der Waals surface area contributed by atoms with Crippen LogP contribution >= 0.6 is 34.9 Å². The summed E-state index contributed by atoms with van der Waals surface area (Å²) in [5, 5.41) is 8.96. The Morgan fingerprint density at radius 1 is 1.41 bits per heavy atom. The van der Waals surface area contributed by atoms with Gasteiger partial charge in [-0.25, -0.2) is 4.98 Å². The molecule has 1 fully saturated rings. The van der Waals surface area contributed by atoms with E-state index < -0.39 is 0 Å². The lowest BCUT2D eigenvalue weighted by Crippen LogP contribution is -2.21. The Balaban J connectivity index is 1.95. The highest BCUT2D eigenvalue weighted by atomic mass is 32.2. The highest BCUT2D eigenvalue weighted by molar-refractivity contribution is 8.07. The van der Waals surface area contributed by atoms with Crippen molar-refractivity contribution in [3.05, 3.63) is 16.1 Å². The van der Waals surface area contributed by atoms with Gasteiger partial charge < -0.3 is 5.32 Å². The Morgan fingerprint density at radius 2 is 2.24 bits per heavy atom. The molecule has 2 rings (SSSR count). The molecule has 1 N–H and O–H groups in total. The van der Waals surface area contributed by atoms with Crippen molar-refractivity contribution in [1.29, 1.82) is 0 Å². The maximum absolute atomic E-state index is 4.75. The summed E-state index contributed by atoms with van der Waals surface area (Å²) in [5.41, 5.74) is 1.20. The number of hydrogen-bond donors (Lipinski definition) is 1. The average molecular weight is 289 g/mol. The number of nitrogens with zero attached hydrogens (tertiary/aromatic N) is 1. The second-order valence-corrected chi connectivity index (χ2v) is 8.21. The molecule has 1 aromatic heterocycles. The number of thioether (sulfide) groups is 2. The van der Waals surface area contributed by atoms with Gasteiger partial charge in [-0.1, -0.05) is 20.8 Å². The number of aromatic nitrogens is 1. The SMILES string of the molecule is CCNCc1csc(C2CSC(C)C(C)S2)n1. The van der Waals surface area contributed by atoms with Crippen LogP contribution in [-0.2, 0) is 6.54 Å². The molecule has 0 bridgehead atoms. The molecule has 2 nitrogen and oxygen atoms in total. The lowest BCUT2D eigenvalue weighted by Gasteiger charge is -2.30. The molecule has 5 heteroatoms. The Kier molecular flexibility index (Phi) is 5.21. The van der Waals surface area contributed by atoms with E-state index in [0.29, 0.717) is 5.25 Å². The summed E-state index contributed by atoms with van der Waals surface area (Å²) in [6.45, 7) is 8.71. The van der Waals surface area contributed by atoms with Crippen LogP contribution in [0.25, 0.3) is 0 Å². The first-order valence-electron chi connectivity index (χ1n) is 6.12. The summed E-state index contributed by atoms with van der Waals surface area (Å²) in [6, 6.07) is 0. The van der Waals surface area contributed by atoms with Gasteiger partial charge in [0.05, 0.1) is 10.9 Å². The fourth-order valence-corrected chi connectivity index (χ4v) is 5.75. The molecular formula is C12H20N2S3. The quantitative estimate of drug-likeness (QED) is 0.916. The minimum Gasteiger partial charge on any atom is -0.311 e. The van der Waals surface area contributed by atoms with Crippen LogP contribution in [0.4, 0.5) is 0 Å². The van der Waals surface area contributed by atoms with Crippen LogP contribution in [-0.4, -0.2) is 27.8 Å². The van der Waals surface area contributed by atoms with E-state index in [4.69, 9.17) is 4.98 Å². The van der Waals surface area contributed by atoms with E-state index in [2.05, 4.69) is 55.0 Å². The normalized spacial score (nSPS) is 29.5. The first-order valence-corrected chi connectivity index (χ1v) is 9.00. The van der Waals surface area contributed by atoms with Crippen LogP contribution in [0, 0.1) is 0 Å². The van der Waals surface area contributed by atoms with Crippen LogP contribution in [0.3, 0.4) is 0 Å². The molecule has 1 aliphatic heterocycles. The van der Waals surface area contributed by atoms with Gasteiger partial charge in [0.25, 0.3) is 0 Å². The van der Waals surface area contributed by atoms with Gasteiger partial charge in [0, 0.05) is 28.2 Å². The van der Waals surface area contributed by atoms with E-state index in [9.17, 15) is 0 Å². The van der Waals surface area contributed by atoms with Crippen LogP contribution in [0.15, 0.2) is 5.38 Å². The second-order valence-electron chi connectivity index (χ2n) is 4.33. The van der Waals surface area contributed by atoms with Crippen molar-refractivity contribution in [2.24, 2.45) is 0 Å². The zero-order valence-corrected chi connectivity index (χ0v) is 13.1. The van der Waals surface area contributed by atoms with Crippen molar-refractivity contribution in [3.8, 4) is 0 Å². The molecule has 1 saturated heterocycles. The van der Waals surface area contributed by atoms with Crippen LogP contribution in [0.2, 0.25) is 0 Å². The molecule has 0 aliphatic carbocycles. The fourth-order valence-electron chi connectivity index (χ4n) is 1.72. The van der Waals surface area contributed by atoms with Crippen molar-refractivity contribution in [3.63, 3.8) is 0 Å². The summed E-state index contributed by atoms with van der Waals surface area (Å²) in [6.07, 6.45) is 0. The summed E-state index contributed by atoms with van der Waals surface area (Å²) < 4.78 is 0. The molecule has 0 radical (unpaired) electrons. The molecule has 96 valence electrons. The first-order chi connectivity index (χ1) is 8.20. The Labute approximate surface area is 116 Å². The van der Waals surface area contributed by atoms with Crippen LogP contribution < -0.4 is 5.32 Å². The second kappa shape index (κ2) is 6.45. The van der Waals surface area contributed by atoms with Gasteiger partial charge in [-0.2, -0.15) is 11.8 Å². The predicted octanol–water partition coefficient (Wildman–Crippen LogP) is 3.55. The summed E-state index contributed by atoms with van der Waals surface area (Å²) in [4.78, 5) is 4.75. The molecule has 3 atom stereocenters. The molecule has 2 heterocycles. The summed E-state index contributed by atoms with van der Waals surface area (Å²) in [7, 11) is 0. The third kappa shape index (κ3) is 3.63. The van der Waals surface area contributed by atoms with E-state index in [0.717, 1.165) is 23.6 Å². The average Bonchev–Trinajstić information content (AvgIpc) is 2.79. The van der Waals surface area contributed by atoms with Crippen LogP contribution in [0.5, 0.6) is 0 Å². The van der Waals surface area contributed by atoms with E-state index in [1.807, 2.05) is 11.3 Å². The zero-order chi connectivity index (χ0) is 12.3. The van der Waals surface area contributed by atoms with Crippen LogP contribution in [0.1, 0.15) is 36.7 Å². The van der Waals surface area contributed by atoms with Crippen molar-refractivity contribution in [2.75, 3.05) is 12.3 Å². The van der Waals surface area contributed by atoms with Crippen molar-refractivity contribution >= 4 is 34.9 Å². The molecule has 0 spiro atoms. The summed E-state index contributed by atoms with van der Waals surface area (Å²) in [5.74, 6) is 1.21. The molecule has 17 heavy (non-hydrogen) atoms. The van der Waals surface area contributed by atoms with Gasteiger partial charge in [0.15, 0.2) is 0 Å². The third-order valence-corrected chi connectivity index (χ3v) is 7.51. The molecule has 0 aromatic carbocycles. The van der Waals surface area contributed by atoms with Gasteiger partial charge in [0.1, 0.15) is 5.01 Å². The van der Waals surface area contributed by atoms with Gasteiger partial charge in [-0.05, 0) is 6.54 Å². The van der Waals surface area contributed by atoms with Gasteiger partial charge >= 0.3 is 0 Å². The highest BCUT2D eigenvalue weighted by Gasteiger charge is 2.28. The minimum atomic E-state index is 0.603. The highest BCUT2D eigenvalue weighted by Crippen LogP contribution is 2.44. The van der Waals surface area contributed by atoms with Crippen molar-refractivity contribution in [2.45, 2.75) is 43.1 Å². The van der Waals surface area contributed by atoms with Crippen molar-refractivity contribution in [1.82, 2.24) is 10.3 Å². The minimum absolute atomic E-state index is 0.603. The summed E-state index contributed by atoms with van der Waals surface area (Å²) >= 11 is 6.00. The smallest absolute Gasteiger partial charge is 0.107 e. The van der Waals surface area contributed by atoms with Gasteiger partial charge in [-0.3, -0.25) is 0 Å². The first kappa shape index (κ1) is 13.7. The molecule has 1 aliphatic rings. The number of nitrogens with one attached hydrogen (secondary N) is 1. The molecule has 0 amide bonds. The maximum atomic E-state index is 4.75. The fraction of sp³-hybridized carbons (Fsp3) is 0.750. The number of thiazole rings is 1. The number of hydrogen-bond acceptors (Lipinski definition) is 5. The lowest BCUT2D eigenvalue weighted by atomic mass is 10.4. The standard InChI is InChI=1S/C12H20N2S3/c1-4-13-5-10-6-16-12(14-10)11-7-15-8(2)9(3)17-11/h6,8-9,11,13H,4-5,7H2,1-3H3. The maximum Gasteiger partial charge on any atom is 0.107 e. The Morgan fingerprint density at radius 3 is 2.94 bits per heavy atom. The monoisotopic (exact) mass is 288 g/mol. The largest absolute Gasteiger partial charge is 0.311 e. The predicted molar refractivity (Wildman–Crippen MR) is 81.2 cm³/mol. The molecular weight excluding hydrogens is 268 g/mol. The molecule has 0 saturated carbocycles.